The molecule has 0 amide bonds. The van der Waals surface area contributed by atoms with Crippen molar-refractivity contribution in [2.24, 2.45) is 0 Å². The fraction of sp³-hybridized carbons (Fsp3) is 0.375. The monoisotopic (exact) mass is 500 g/mol. The molecule has 10 heteroatoms. The molecule has 0 N–H and O–H groups in total. The average Bonchev–Trinajstić information content (AvgIpc) is 3.37. The van der Waals surface area contributed by atoms with Gasteiger partial charge in [-0.15, -0.1) is 0 Å². The second-order valence-corrected chi connectivity index (χ2v) is 12.3. The summed E-state index contributed by atoms with van der Waals surface area (Å²) in [5, 5.41) is 4.01. The number of hydrogen-bond acceptors (Lipinski definition) is 7. The predicted octanol–water partition coefficient (Wildman–Crippen LogP) is 4.64. The molecule has 4 rings (SSSR count). The van der Waals surface area contributed by atoms with Crippen molar-refractivity contribution in [2.45, 2.75) is 57.5 Å². The van der Waals surface area contributed by atoms with Crippen LogP contribution in [0.25, 0.3) is 21.6 Å². The Balaban J connectivity index is 1.54. The Bertz CT molecular complexity index is 1480. The maximum absolute atomic E-state index is 13.2. The molecule has 0 aliphatic rings. The summed E-state index contributed by atoms with van der Waals surface area (Å²) in [7, 11) is -2.36. The Kier molecular flexibility index (Phi) is 6.50. The van der Waals surface area contributed by atoms with Crippen molar-refractivity contribution in [2.75, 3.05) is 7.05 Å². The van der Waals surface area contributed by atoms with Crippen molar-refractivity contribution in [3.8, 4) is 11.4 Å². The van der Waals surface area contributed by atoms with Gasteiger partial charge in [0.1, 0.15) is 0 Å². The van der Waals surface area contributed by atoms with Crippen molar-refractivity contribution in [1.82, 2.24) is 19.0 Å². The van der Waals surface area contributed by atoms with Crippen molar-refractivity contribution in [3.05, 3.63) is 63.6 Å². The molecule has 0 saturated heterocycles. The molecule has 2 aromatic carbocycles. The highest BCUT2D eigenvalue weighted by atomic mass is 32.2. The van der Waals surface area contributed by atoms with E-state index in [0.29, 0.717) is 17.1 Å². The summed E-state index contributed by atoms with van der Waals surface area (Å²) < 4.78 is 35.1. The van der Waals surface area contributed by atoms with Crippen molar-refractivity contribution in [1.29, 1.82) is 0 Å². The van der Waals surface area contributed by atoms with Crippen LogP contribution in [0.4, 0.5) is 0 Å². The molecule has 8 nitrogen and oxygen atoms in total. The molecule has 0 bridgehead atoms. The molecular formula is C24H28N4O4S2. The summed E-state index contributed by atoms with van der Waals surface area (Å²) in [6, 6.07) is 12.7. The molecule has 0 spiro atoms. The lowest BCUT2D eigenvalue weighted by Gasteiger charge is -2.18. The number of aryl methyl sites for hydroxylation is 1. The van der Waals surface area contributed by atoms with Crippen LogP contribution in [0.15, 0.2) is 56.7 Å². The average molecular weight is 501 g/mol. The van der Waals surface area contributed by atoms with Crippen LogP contribution in [0.2, 0.25) is 0 Å². The minimum atomic E-state index is -3.82. The van der Waals surface area contributed by atoms with Gasteiger partial charge in [0, 0.05) is 19.2 Å². The van der Waals surface area contributed by atoms with Gasteiger partial charge in [0.05, 0.1) is 21.7 Å². The van der Waals surface area contributed by atoms with Gasteiger partial charge < -0.3 is 4.52 Å². The van der Waals surface area contributed by atoms with E-state index in [4.69, 9.17) is 4.52 Å². The van der Waals surface area contributed by atoms with Gasteiger partial charge >= 0.3 is 4.87 Å². The molecule has 180 valence electrons. The van der Waals surface area contributed by atoms with E-state index in [9.17, 15) is 13.2 Å². The van der Waals surface area contributed by atoms with E-state index in [-0.39, 0.29) is 27.6 Å². The second kappa shape index (κ2) is 9.09. The molecular weight excluding hydrogens is 472 g/mol. The smallest absolute Gasteiger partial charge is 0.308 e. The first-order valence-corrected chi connectivity index (χ1v) is 13.3. The van der Waals surface area contributed by atoms with E-state index in [0.717, 1.165) is 28.8 Å². The number of thiazole rings is 1. The topological polar surface area (TPSA) is 98.3 Å². The Morgan fingerprint density at radius 1 is 1.12 bits per heavy atom. The fourth-order valence-electron chi connectivity index (χ4n) is 3.65. The van der Waals surface area contributed by atoms with Crippen LogP contribution in [0, 0.1) is 0 Å². The quantitative estimate of drug-likeness (QED) is 0.367. The highest BCUT2D eigenvalue weighted by molar-refractivity contribution is 7.89. The van der Waals surface area contributed by atoms with E-state index in [1.807, 2.05) is 31.2 Å². The van der Waals surface area contributed by atoms with Gasteiger partial charge in [-0.2, -0.15) is 9.29 Å². The number of benzene rings is 2. The lowest BCUT2D eigenvalue weighted by Crippen LogP contribution is -2.26. The summed E-state index contributed by atoms with van der Waals surface area (Å²) in [6.45, 7) is 8.95. The third-order valence-corrected chi connectivity index (χ3v) is 8.37. The maximum Gasteiger partial charge on any atom is 0.308 e. The van der Waals surface area contributed by atoms with Gasteiger partial charge in [-0.25, -0.2) is 8.42 Å². The van der Waals surface area contributed by atoms with Gasteiger partial charge in [-0.1, -0.05) is 68.5 Å². The molecule has 2 heterocycles. The molecule has 0 fully saturated rings. The van der Waals surface area contributed by atoms with E-state index >= 15 is 0 Å². The van der Waals surface area contributed by atoms with Crippen LogP contribution in [-0.4, -0.2) is 34.5 Å². The van der Waals surface area contributed by atoms with Gasteiger partial charge in [0.2, 0.25) is 21.7 Å². The Morgan fingerprint density at radius 3 is 2.47 bits per heavy atom. The zero-order valence-corrected chi connectivity index (χ0v) is 21.5. The molecule has 0 radical (unpaired) electrons. The molecule has 0 unspecified atom stereocenters. The number of rotatable bonds is 7. The van der Waals surface area contributed by atoms with E-state index in [1.54, 1.807) is 16.7 Å². The summed E-state index contributed by atoms with van der Waals surface area (Å²) in [6.07, 6.45) is 0.821. The Hall–Kier alpha value is -2.82. The highest BCUT2D eigenvalue weighted by Gasteiger charge is 2.24. The zero-order chi connectivity index (χ0) is 24.7. The number of aromatic nitrogens is 3. The summed E-state index contributed by atoms with van der Waals surface area (Å²) in [4.78, 5) is 16.7. The van der Waals surface area contributed by atoms with Crippen LogP contribution in [0.1, 0.15) is 45.6 Å². The first-order chi connectivity index (χ1) is 16.0. The van der Waals surface area contributed by atoms with Gasteiger partial charge in [-0.05, 0) is 35.6 Å². The van der Waals surface area contributed by atoms with Gasteiger partial charge in [-0.3, -0.25) is 9.36 Å². The largest absolute Gasteiger partial charge is 0.338 e. The van der Waals surface area contributed by atoms with E-state index in [2.05, 4.69) is 30.9 Å². The Labute approximate surface area is 202 Å². The molecule has 0 aliphatic carbocycles. The maximum atomic E-state index is 13.2. The summed E-state index contributed by atoms with van der Waals surface area (Å²) in [5.74, 6) is 0.602. The minimum Gasteiger partial charge on any atom is -0.338 e. The van der Waals surface area contributed by atoms with Crippen LogP contribution in [-0.2, 0) is 28.5 Å². The molecule has 34 heavy (non-hydrogen) atoms. The first kappa shape index (κ1) is 24.3. The number of hydrogen-bond donors (Lipinski definition) is 0. The predicted molar refractivity (Wildman–Crippen MR) is 133 cm³/mol. The minimum absolute atomic E-state index is 0.0374. The normalized spacial score (nSPS) is 12.6. The molecule has 0 saturated carbocycles. The standard InChI is InChI=1S/C24H28N4O4S2/c1-6-13-28-19-12-11-18(14-20(19)33-23(28)29)34(30,31)27(5)15-21-25-22(26-32-21)16-7-9-17(10-8-16)24(2,3)4/h7-12,14H,6,13,15H2,1-5H3. The van der Waals surface area contributed by atoms with Crippen LogP contribution >= 0.6 is 11.3 Å². The molecule has 0 atom stereocenters. The molecule has 0 aliphatic heterocycles. The first-order valence-electron chi connectivity index (χ1n) is 11.0. The lowest BCUT2D eigenvalue weighted by atomic mass is 9.87. The second-order valence-electron chi connectivity index (χ2n) is 9.25. The number of sulfonamides is 1. The summed E-state index contributed by atoms with van der Waals surface area (Å²) in [5.41, 5.74) is 2.77. The van der Waals surface area contributed by atoms with Gasteiger partial charge in [0.25, 0.3) is 0 Å². The molecule has 2 aromatic heterocycles. The van der Waals surface area contributed by atoms with Crippen LogP contribution in [0.3, 0.4) is 0 Å². The third-order valence-electron chi connectivity index (χ3n) is 5.63. The van der Waals surface area contributed by atoms with Crippen LogP contribution < -0.4 is 4.87 Å². The Morgan fingerprint density at radius 2 is 1.82 bits per heavy atom. The molecule has 4 aromatic rings. The van der Waals surface area contributed by atoms with Crippen molar-refractivity contribution >= 4 is 31.6 Å². The van der Waals surface area contributed by atoms with Crippen LogP contribution in [0.5, 0.6) is 0 Å². The SMILES string of the molecule is CCCn1c(=O)sc2cc(S(=O)(=O)N(C)Cc3nc(-c4ccc(C(C)(C)C)cc4)no3)ccc21. The number of nitrogens with zero attached hydrogens (tertiary/aromatic N) is 4. The third kappa shape index (κ3) is 4.70. The highest BCUT2D eigenvalue weighted by Crippen LogP contribution is 2.26. The number of fused-ring (bicyclic) bond motifs is 1. The van der Waals surface area contributed by atoms with Crippen molar-refractivity contribution in [3.63, 3.8) is 0 Å². The zero-order valence-electron chi connectivity index (χ0n) is 19.9. The van der Waals surface area contributed by atoms with E-state index in [1.165, 1.54) is 23.0 Å². The lowest BCUT2D eigenvalue weighted by molar-refractivity contribution is 0.337. The van der Waals surface area contributed by atoms with E-state index < -0.39 is 10.0 Å². The van der Waals surface area contributed by atoms with Gasteiger partial charge in [0.15, 0.2) is 0 Å². The fourth-order valence-corrected chi connectivity index (χ4v) is 5.83. The van der Waals surface area contributed by atoms with Crippen molar-refractivity contribution < 1.29 is 12.9 Å². The summed E-state index contributed by atoms with van der Waals surface area (Å²) >= 11 is 1.05.